The van der Waals surface area contributed by atoms with Gasteiger partial charge in [-0.05, 0) is 25.3 Å². The second kappa shape index (κ2) is 5.53. The Kier molecular flexibility index (Phi) is 4.02. The number of amides is 1. The van der Waals surface area contributed by atoms with Gasteiger partial charge in [-0.2, -0.15) is 0 Å². The number of nitrogens with two attached hydrogens (primary N) is 1. The second-order valence-corrected chi connectivity index (χ2v) is 5.36. The van der Waals surface area contributed by atoms with E-state index >= 15 is 0 Å². The molecule has 0 unspecified atom stereocenters. The predicted molar refractivity (Wildman–Crippen MR) is 73.2 cm³/mol. The van der Waals surface area contributed by atoms with Gasteiger partial charge in [0.25, 0.3) is 0 Å². The van der Waals surface area contributed by atoms with Crippen molar-refractivity contribution in [3.05, 3.63) is 35.9 Å². The normalized spacial score (nSPS) is 19.4. The van der Waals surface area contributed by atoms with Crippen LogP contribution in [0.5, 0.6) is 0 Å². The number of nitrogens with one attached hydrogen (secondary N) is 1. The highest BCUT2D eigenvalue weighted by Gasteiger charge is 2.35. The van der Waals surface area contributed by atoms with Crippen LogP contribution in [0.4, 0.5) is 0 Å². The van der Waals surface area contributed by atoms with E-state index in [1.165, 1.54) is 18.4 Å². The van der Waals surface area contributed by atoms with E-state index in [-0.39, 0.29) is 11.3 Å². The highest BCUT2D eigenvalue weighted by Crippen LogP contribution is 2.40. The zero-order valence-corrected chi connectivity index (χ0v) is 11.0. The fraction of sp³-hybridized carbons (Fsp3) is 0.533. The van der Waals surface area contributed by atoms with E-state index in [0.717, 1.165) is 12.8 Å². The SMILES string of the molecule is C[C@@H](N)C(=O)NCC1(c2ccccc2)CCCC1. The summed E-state index contributed by atoms with van der Waals surface area (Å²) < 4.78 is 0. The average Bonchev–Trinajstić information content (AvgIpc) is 2.87. The van der Waals surface area contributed by atoms with Gasteiger partial charge < -0.3 is 11.1 Å². The number of hydrogen-bond donors (Lipinski definition) is 2. The van der Waals surface area contributed by atoms with Crippen LogP contribution < -0.4 is 11.1 Å². The Hall–Kier alpha value is -1.35. The molecule has 18 heavy (non-hydrogen) atoms. The molecule has 3 heteroatoms. The summed E-state index contributed by atoms with van der Waals surface area (Å²) in [7, 11) is 0. The van der Waals surface area contributed by atoms with Crippen LogP contribution in [0.3, 0.4) is 0 Å². The second-order valence-electron chi connectivity index (χ2n) is 5.36. The Balaban J connectivity index is 2.11. The van der Waals surface area contributed by atoms with E-state index in [1.807, 2.05) is 6.07 Å². The average molecular weight is 246 g/mol. The molecule has 0 heterocycles. The third-order valence-electron chi connectivity index (χ3n) is 3.96. The fourth-order valence-electron chi connectivity index (χ4n) is 2.83. The minimum atomic E-state index is -0.431. The van der Waals surface area contributed by atoms with Gasteiger partial charge in [0.15, 0.2) is 0 Å². The smallest absolute Gasteiger partial charge is 0.236 e. The lowest BCUT2D eigenvalue weighted by Crippen LogP contribution is -2.45. The standard InChI is InChI=1S/C15H22N2O/c1-12(16)14(18)17-11-15(9-5-6-10-15)13-7-3-2-4-8-13/h2-4,7-8,12H,5-6,9-11,16H2,1H3,(H,17,18)/t12-/m1/s1. The van der Waals surface area contributed by atoms with Gasteiger partial charge in [-0.25, -0.2) is 0 Å². The number of carbonyl (C=O) groups excluding carboxylic acids is 1. The summed E-state index contributed by atoms with van der Waals surface area (Å²) in [6, 6.07) is 10.1. The van der Waals surface area contributed by atoms with E-state index < -0.39 is 6.04 Å². The Labute approximate surface area is 109 Å². The molecule has 2 rings (SSSR count). The van der Waals surface area contributed by atoms with Crippen molar-refractivity contribution >= 4 is 5.91 Å². The highest BCUT2D eigenvalue weighted by atomic mass is 16.2. The van der Waals surface area contributed by atoms with E-state index in [0.29, 0.717) is 6.54 Å². The van der Waals surface area contributed by atoms with Crippen molar-refractivity contribution in [1.29, 1.82) is 0 Å². The summed E-state index contributed by atoms with van der Waals surface area (Å²) in [5, 5.41) is 3.00. The van der Waals surface area contributed by atoms with Gasteiger partial charge >= 0.3 is 0 Å². The summed E-state index contributed by atoms with van der Waals surface area (Å²) in [4.78, 5) is 11.6. The van der Waals surface area contributed by atoms with Gasteiger partial charge in [0.2, 0.25) is 5.91 Å². The molecule has 3 nitrogen and oxygen atoms in total. The predicted octanol–water partition coefficient (Wildman–Crippen LogP) is 1.96. The van der Waals surface area contributed by atoms with Crippen molar-refractivity contribution in [2.75, 3.05) is 6.54 Å². The minimum Gasteiger partial charge on any atom is -0.354 e. The first-order chi connectivity index (χ1) is 8.64. The van der Waals surface area contributed by atoms with Gasteiger partial charge in [0.05, 0.1) is 6.04 Å². The summed E-state index contributed by atoms with van der Waals surface area (Å²) in [6.07, 6.45) is 4.78. The molecular weight excluding hydrogens is 224 g/mol. The number of carbonyl (C=O) groups is 1. The molecule has 0 saturated heterocycles. The Morgan fingerprint density at radius 3 is 2.50 bits per heavy atom. The van der Waals surface area contributed by atoms with Crippen LogP contribution in [0.15, 0.2) is 30.3 Å². The third-order valence-corrected chi connectivity index (χ3v) is 3.96. The molecule has 1 aliphatic rings. The van der Waals surface area contributed by atoms with Crippen LogP contribution >= 0.6 is 0 Å². The van der Waals surface area contributed by atoms with Crippen LogP contribution in [0.2, 0.25) is 0 Å². The van der Waals surface area contributed by atoms with Crippen molar-refractivity contribution in [1.82, 2.24) is 5.32 Å². The summed E-state index contributed by atoms with van der Waals surface area (Å²) in [5.41, 5.74) is 7.05. The van der Waals surface area contributed by atoms with Crippen molar-refractivity contribution in [3.63, 3.8) is 0 Å². The third kappa shape index (κ3) is 2.72. The molecule has 1 aromatic carbocycles. The van der Waals surface area contributed by atoms with Gasteiger partial charge in [-0.15, -0.1) is 0 Å². The first-order valence-electron chi connectivity index (χ1n) is 6.73. The summed E-state index contributed by atoms with van der Waals surface area (Å²) >= 11 is 0. The van der Waals surface area contributed by atoms with E-state index in [2.05, 4.69) is 29.6 Å². The first-order valence-corrected chi connectivity index (χ1v) is 6.73. The molecule has 0 bridgehead atoms. The zero-order valence-electron chi connectivity index (χ0n) is 11.0. The quantitative estimate of drug-likeness (QED) is 0.853. The van der Waals surface area contributed by atoms with Crippen molar-refractivity contribution in [3.8, 4) is 0 Å². The first kappa shape index (κ1) is 13.1. The maximum Gasteiger partial charge on any atom is 0.236 e. The number of rotatable bonds is 4. The van der Waals surface area contributed by atoms with Gasteiger partial charge in [-0.3, -0.25) is 4.79 Å². The summed E-state index contributed by atoms with van der Waals surface area (Å²) in [6.45, 7) is 2.43. The molecule has 1 amide bonds. The minimum absolute atomic E-state index is 0.0581. The molecule has 1 aromatic rings. The number of hydrogen-bond acceptors (Lipinski definition) is 2. The maximum absolute atomic E-state index is 11.6. The Morgan fingerprint density at radius 1 is 1.33 bits per heavy atom. The largest absolute Gasteiger partial charge is 0.354 e. The van der Waals surface area contributed by atoms with Gasteiger partial charge in [-0.1, -0.05) is 43.2 Å². The van der Waals surface area contributed by atoms with Crippen LogP contribution in [0, 0.1) is 0 Å². The van der Waals surface area contributed by atoms with Gasteiger partial charge in [0.1, 0.15) is 0 Å². The topological polar surface area (TPSA) is 55.1 Å². The van der Waals surface area contributed by atoms with Crippen molar-refractivity contribution < 1.29 is 4.79 Å². The molecule has 1 saturated carbocycles. The lowest BCUT2D eigenvalue weighted by molar-refractivity contribution is -0.122. The maximum atomic E-state index is 11.6. The van der Waals surface area contributed by atoms with E-state index in [4.69, 9.17) is 5.73 Å². The summed E-state index contributed by atoms with van der Waals surface area (Å²) in [5.74, 6) is -0.0581. The van der Waals surface area contributed by atoms with Crippen LogP contribution in [0.25, 0.3) is 0 Å². The molecule has 0 radical (unpaired) electrons. The molecule has 0 aromatic heterocycles. The molecular formula is C15H22N2O. The molecule has 1 atom stereocenters. The molecule has 3 N–H and O–H groups in total. The Morgan fingerprint density at radius 2 is 1.94 bits per heavy atom. The highest BCUT2D eigenvalue weighted by molar-refractivity contribution is 5.81. The molecule has 1 fully saturated rings. The monoisotopic (exact) mass is 246 g/mol. The van der Waals surface area contributed by atoms with Gasteiger partial charge in [0, 0.05) is 12.0 Å². The van der Waals surface area contributed by atoms with Crippen molar-refractivity contribution in [2.45, 2.75) is 44.1 Å². The van der Waals surface area contributed by atoms with Crippen LogP contribution in [-0.4, -0.2) is 18.5 Å². The van der Waals surface area contributed by atoms with Crippen molar-refractivity contribution in [2.24, 2.45) is 5.73 Å². The van der Waals surface area contributed by atoms with Crippen LogP contribution in [-0.2, 0) is 10.2 Å². The fourth-order valence-corrected chi connectivity index (χ4v) is 2.83. The lowest BCUT2D eigenvalue weighted by Gasteiger charge is -2.30. The Bertz CT molecular complexity index is 394. The van der Waals surface area contributed by atoms with E-state index in [9.17, 15) is 4.79 Å². The molecule has 98 valence electrons. The molecule has 1 aliphatic carbocycles. The van der Waals surface area contributed by atoms with E-state index in [1.54, 1.807) is 6.92 Å². The zero-order chi connectivity index (χ0) is 13.0. The lowest BCUT2D eigenvalue weighted by atomic mass is 9.79. The van der Waals surface area contributed by atoms with Crippen LogP contribution in [0.1, 0.15) is 38.2 Å². The number of benzene rings is 1. The molecule has 0 aliphatic heterocycles. The molecule has 0 spiro atoms.